The summed E-state index contributed by atoms with van der Waals surface area (Å²) in [6.45, 7) is 7.41. The van der Waals surface area contributed by atoms with Crippen molar-refractivity contribution in [2.45, 2.75) is 40.0 Å². The molecule has 0 aliphatic carbocycles. The van der Waals surface area contributed by atoms with E-state index < -0.39 is 11.9 Å². The van der Waals surface area contributed by atoms with Crippen molar-refractivity contribution in [2.75, 3.05) is 19.6 Å². The van der Waals surface area contributed by atoms with E-state index >= 15 is 0 Å². The molecule has 17 heavy (non-hydrogen) atoms. The highest BCUT2D eigenvalue weighted by atomic mass is 16.4. The van der Waals surface area contributed by atoms with Crippen molar-refractivity contribution in [3.8, 4) is 0 Å². The quantitative estimate of drug-likeness (QED) is 0.685. The fraction of sp³-hybridized carbons (Fsp3) is 0.833. The molecule has 100 valence electrons. The van der Waals surface area contributed by atoms with Gasteiger partial charge < -0.3 is 15.3 Å². The standard InChI is InChI=1S/C12H24N2O3/c1-4-7-10(11(15)16)9-13-12(17)14(6-3)8-5-2/h10H,4-9H2,1-3H3,(H,13,17)(H,15,16). The van der Waals surface area contributed by atoms with Crippen LogP contribution >= 0.6 is 0 Å². The van der Waals surface area contributed by atoms with Gasteiger partial charge in [0.2, 0.25) is 0 Å². The smallest absolute Gasteiger partial charge is 0.317 e. The molecule has 0 aliphatic rings. The molecule has 0 spiro atoms. The zero-order valence-corrected chi connectivity index (χ0v) is 11.0. The van der Waals surface area contributed by atoms with E-state index in [0.29, 0.717) is 19.5 Å². The summed E-state index contributed by atoms with van der Waals surface area (Å²) >= 11 is 0. The van der Waals surface area contributed by atoms with Crippen LogP contribution in [0.4, 0.5) is 4.79 Å². The molecular weight excluding hydrogens is 220 g/mol. The van der Waals surface area contributed by atoms with E-state index in [1.807, 2.05) is 20.8 Å². The fourth-order valence-corrected chi connectivity index (χ4v) is 1.66. The lowest BCUT2D eigenvalue weighted by Gasteiger charge is -2.21. The van der Waals surface area contributed by atoms with Crippen LogP contribution in [-0.4, -0.2) is 41.6 Å². The number of aliphatic carboxylic acids is 1. The minimum atomic E-state index is -0.842. The Morgan fingerprint density at radius 2 is 1.88 bits per heavy atom. The van der Waals surface area contributed by atoms with Crippen LogP contribution in [0.15, 0.2) is 0 Å². The van der Waals surface area contributed by atoms with Gasteiger partial charge in [-0.3, -0.25) is 4.79 Å². The maximum atomic E-state index is 11.7. The number of carbonyl (C=O) groups excluding carboxylic acids is 1. The summed E-state index contributed by atoms with van der Waals surface area (Å²) in [7, 11) is 0. The lowest BCUT2D eigenvalue weighted by molar-refractivity contribution is -0.141. The molecule has 0 rings (SSSR count). The molecular formula is C12H24N2O3. The number of rotatable bonds is 8. The largest absolute Gasteiger partial charge is 0.481 e. The third kappa shape index (κ3) is 6.14. The molecule has 0 aromatic carbocycles. The number of carboxylic acid groups (broad SMARTS) is 1. The number of nitrogens with one attached hydrogen (secondary N) is 1. The molecule has 0 saturated heterocycles. The van der Waals surface area contributed by atoms with Crippen molar-refractivity contribution in [1.29, 1.82) is 0 Å². The number of hydrogen-bond acceptors (Lipinski definition) is 2. The third-order valence-electron chi connectivity index (χ3n) is 2.65. The van der Waals surface area contributed by atoms with Crippen molar-refractivity contribution in [3.05, 3.63) is 0 Å². The predicted octanol–water partition coefficient (Wildman–Crippen LogP) is 1.93. The fourth-order valence-electron chi connectivity index (χ4n) is 1.66. The van der Waals surface area contributed by atoms with E-state index in [9.17, 15) is 9.59 Å². The minimum absolute atomic E-state index is 0.170. The number of hydrogen-bond donors (Lipinski definition) is 2. The molecule has 0 radical (unpaired) electrons. The summed E-state index contributed by atoms with van der Waals surface area (Å²) in [5.74, 6) is -1.32. The van der Waals surface area contributed by atoms with Gasteiger partial charge in [0.05, 0.1) is 5.92 Å². The SMILES string of the molecule is CCCC(CNC(=O)N(CC)CCC)C(=O)O. The molecule has 2 N–H and O–H groups in total. The molecule has 0 fully saturated rings. The van der Waals surface area contributed by atoms with Gasteiger partial charge in [-0.1, -0.05) is 20.3 Å². The van der Waals surface area contributed by atoms with Crippen LogP contribution in [0.1, 0.15) is 40.0 Å². The van der Waals surface area contributed by atoms with Gasteiger partial charge in [0.25, 0.3) is 0 Å². The summed E-state index contributed by atoms with van der Waals surface area (Å²) in [5, 5.41) is 11.6. The van der Waals surface area contributed by atoms with Crippen LogP contribution in [0, 0.1) is 5.92 Å². The molecule has 5 nitrogen and oxygen atoms in total. The van der Waals surface area contributed by atoms with Crippen molar-refractivity contribution >= 4 is 12.0 Å². The van der Waals surface area contributed by atoms with Gasteiger partial charge in [0.1, 0.15) is 0 Å². The lowest BCUT2D eigenvalue weighted by atomic mass is 10.0. The number of nitrogens with zero attached hydrogens (tertiary/aromatic N) is 1. The first kappa shape index (κ1) is 15.7. The van der Waals surface area contributed by atoms with Crippen molar-refractivity contribution in [1.82, 2.24) is 10.2 Å². The second-order valence-electron chi connectivity index (χ2n) is 4.09. The second kappa shape index (κ2) is 8.84. The molecule has 5 heteroatoms. The summed E-state index contributed by atoms with van der Waals surface area (Å²) in [4.78, 5) is 24.3. The second-order valence-corrected chi connectivity index (χ2v) is 4.09. The van der Waals surface area contributed by atoms with Gasteiger partial charge in [0.15, 0.2) is 0 Å². The highest BCUT2D eigenvalue weighted by molar-refractivity contribution is 5.76. The van der Waals surface area contributed by atoms with Gasteiger partial charge >= 0.3 is 12.0 Å². The summed E-state index contributed by atoms with van der Waals surface area (Å²) in [6.07, 6.45) is 2.30. The van der Waals surface area contributed by atoms with E-state index in [2.05, 4.69) is 5.32 Å². The van der Waals surface area contributed by atoms with Gasteiger partial charge in [-0.25, -0.2) is 4.79 Å². The maximum absolute atomic E-state index is 11.7. The normalized spacial score (nSPS) is 11.9. The number of carboxylic acids is 1. The molecule has 0 heterocycles. The number of carbonyl (C=O) groups is 2. The Hall–Kier alpha value is -1.26. The van der Waals surface area contributed by atoms with E-state index in [1.165, 1.54) is 0 Å². The van der Waals surface area contributed by atoms with Crippen LogP contribution in [0.25, 0.3) is 0 Å². The first-order valence-electron chi connectivity index (χ1n) is 6.32. The summed E-state index contributed by atoms with van der Waals surface area (Å²) in [6, 6.07) is -0.170. The average Bonchev–Trinajstić information content (AvgIpc) is 2.30. The molecule has 0 saturated carbocycles. The van der Waals surface area contributed by atoms with E-state index in [-0.39, 0.29) is 12.6 Å². The Labute approximate surface area is 103 Å². The highest BCUT2D eigenvalue weighted by Gasteiger charge is 2.18. The van der Waals surface area contributed by atoms with Crippen LogP contribution < -0.4 is 5.32 Å². The molecule has 0 aromatic heterocycles. The van der Waals surface area contributed by atoms with Crippen molar-refractivity contribution < 1.29 is 14.7 Å². The van der Waals surface area contributed by atoms with Gasteiger partial charge in [-0.2, -0.15) is 0 Å². The Morgan fingerprint density at radius 1 is 1.24 bits per heavy atom. The molecule has 0 bridgehead atoms. The maximum Gasteiger partial charge on any atom is 0.317 e. The molecule has 2 amide bonds. The number of amides is 2. The Morgan fingerprint density at radius 3 is 2.29 bits per heavy atom. The van der Waals surface area contributed by atoms with Crippen LogP contribution in [-0.2, 0) is 4.79 Å². The highest BCUT2D eigenvalue weighted by Crippen LogP contribution is 2.05. The number of urea groups is 1. The van der Waals surface area contributed by atoms with E-state index in [0.717, 1.165) is 12.8 Å². The minimum Gasteiger partial charge on any atom is -0.481 e. The Balaban J connectivity index is 4.14. The van der Waals surface area contributed by atoms with Gasteiger partial charge in [-0.15, -0.1) is 0 Å². The monoisotopic (exact) mass is 244 g/mol. The Bertz CT molecular complexity index is 244. The molecule has 1 atom stereocenters. The van der Waals surface area contributed by atoms with Gasteiger partial charge in [0, 0.05) is 19.6 Å². The van der Waals surface area contributed by atoms with Crippen molar-refractivity contribution in [3.63, 3.8) is 0 Å². The third-order valence-corrected chi connectivity index (χ3v) is 2.65. The summed E-state index contributed by atoms with van der Waals surface area (Å²) < 4.78 is 0. The van der Waals surface area contributed by atoms with Crippen LogP contribution in [0.3, 0.4) is 0 Å². The first-order chi connectivity index (χ1) is 8.06. The summed E-state index contributed by atoms with van der Waals surface area (Å²) in [5.41, 5.74) is 0. The molecule has 0 aliphatic heterocycles. The average molecular weight is 244 g/mol. The lowest BCUT2D eigenvalue weighted by Crippen LogP contribution is -2.43. The Kier molecular flexibility index (Phi) is 8.19. The van der Waals surface area contributed by atoms with Crippen LogP contribution in [0.2, 0.25) is 0 Å². The van der Waals surface area contributed by atoms with Crippen molar-refractivity contribution in [2.24, 2.45) is 5.92 Å². The van der Waals surface area contributed by atoms with Gasteiger partial charge in [-0.05, 0) is 19.8 Å². The molecule has 0 aromatic rings. The van der Waals surface area contributed by atoms with Crippen LogP contribution in [0.5, 0.6) is 0 Å². The zero-order valence-electron chi connectivity index (χ0n) is 11.0. The topological polar surface area (TPSA) is 69.6 Å². The molecule has 1 unspecified atom stereocenters. The zero-order chi connectivity index (χ0) is 13.3. The van der Waals surface area contributed by atoms with E-state index in [4.69, 9.17) is 5.11 Å². The predicted molar refractivity (Wildman–Crippen MR) is 67.0 cm³/mol. The van der Waals surface area contributed by atoms with E-state index in [1.54, 1.807) is 4.90 Å². The first-order valence-corrected chi connectivity index (χ1v) is 6.32.